The number of aryl methyl sites for hydroxylation is 1. The molecule has 2 aromatic carbocycles. The minimum Gasteiger partial charge on any atom is -0.489 e. The molecular weight excluding hydrogens is 608 g/mol. The summed E-state index contributed by atoms with van der Waals surface area (Å²) in [5, 5.41) is 13.3. The molecule has 0 aliphatic carbocycles. The number of likely N-dealkylation sites (tertiary alicyclic amines) is 1. The Morgan fingerprint density at radius 1 is 0.979 bits per heavy atom. The summed E-state index contributed by atoms with van der Waals surface area (Å²) >= 11 is 0. The number of aromatic nitrogens is 3. The lowest BCUT2D eigenvalue weighted by molar-refractivity contribution is -0.0660. The molecule has 0 unspecified atom stereocenters. The van der Waals surface area contributed by atoms with Gasteiger partial charge in [-0.25, -0.2) is 9.97 Å². The van der Waals surface area contributed by atoms with Crippen molar-refractivity contribution in [2.45, 2.75) is 25.0 Å². The lowest BCUT2D eigenvalue weighted by Gasteiger charge is -2.43. The van der Waals surface area contributed by atoms with E-state index in [0.29, 0.717) is 66.1 Å². The zero-order valence-electron chi connectivity index (χ0n) is 26.9. The molecule has 3 fully saturated rings. The van der Waals surface area contributed by atoms with Gasteiger partial charge in [-0.05, 0) is 54.6 Å². The number of rotatable bonds is 8. The van der Waals surface area contributed by atoms with Gasteiger partial charge in [0.15, 0.2) is 5.82 Å². The normalized spacial score (nSPS) is 17.4. The van der Waals surface area contributed by atoms with Crippen molar-refractivity contribution in [2.75, 3.05) is 62.7 Å². The van der Waals surface area contributed by atoms with Gasteiger partial charge in [0.25, 0.3) is 11.5 Å². The van der Waals surface area contributed by atoms with E-state index in [2.05, 4.69) is 50.4 Å². The standard InChI is InChI=1S/C36H38N8O4/c1-41-13-9-26(21-34(41)45)36(46)44-14-10-31(11-15-44)48-32-7-2-25(20-27(32)22-37)35-38-12-8-33(40-35)39-28-3-5-29(6-4-28)42-16-18-43(19-17-42)30-23-47-24-30/h2-9,12-13,20-21,30-31H,10-11,14-19,23-24H2,1H3,(H,38,39,40). The number of piperazine rings is 1. The van der Waals surface area contributed by atoms with Gasteiger partial charge in [-0.1, -0.05) is 0 Å². The lowest BCUT2D eigenvalue weighted by atomic mass is 10.1. The van der Waals surface area contributed by atoms with Crippen molar-refractivity contribution in [1.29, 1.82) is 5.26 Å². The van der Waals surface area contributed by atoms with Gasteiger partial charge in [0.1, 0.15) is 23.7 Å². The van der Waals surface area contributed by atoms with Crippen LogP contribution in [0.3, 0.4) is 0 Å². The van der Waals surface area contributed by atoms with Gasteiger partial charge in [0.2, 0.25) is 0 Å². The van der Waals surface area contributed by atoms with E-state index < -0.39 is 0 Å². The van der Waals surface area contributed by atoms with Crippen LogP contribution < -0.4 is 20.5 Å². The number of amides is 1. The fraction of sp³-hybridized carbons (Fsp3) is 0.361. The molecule has 4 aromatic rings. The second-order valence-corrected chi connectivity index (χ2v) is 12.4. The summed E-state index contributed by atoms with van der Waals surface area (Å²) in [7, 11) is 1.65. The molecular formula is C36H38N8O4. The monoisotopic (exact) mass is 646 g/mol. The van der Waals surface area contributed by atoms with Crippen LogP contribution in [-0.4, -0.2) is 94.9 Å². The van der Waals surface area contributed by atoms with E-state index in [0.717, 1.165) is 45.1 Å². The van der Waals surface area contributed by atoms with E-state index in [1.807, 2.05) is 12.1 Å². The van der Waals surface area contributed by atoms with Crippen molar-refractivity contribution in [1.82, 2.24) is 24.3 Å². The molecule has 3 saturated heterocycles. The Morgan fingerprint density at radius 3 is 2.44 bits per heavy atom. The molecule has 1 amide bonds. The first-order valence-electron chi connectivity index (χ1n) is 16.4. The Morgan fingerprint density at radius 2 is 1.75 bits per heavy atom. The van der Waals surface area contributed by atoms with Crippen LogP contribution in [0.4, 0.5) is 17.2 Å². The molecule has 1 N–H and O–H groups in total. The van der Waals surface area contributed by atoms with Gasteiger partial charge in [-0.15, -0.1) is 0 Å². The number of pyridine rings is 1. The number of nitrogens with zero attached hydrogens (tertiary/aromatic N) is 7. The van der Waals surface area contributed by atoms with Gasteiger partial charge >= 0.3 is 0 Å². The van der Waals surface area contributed by atoms with Gasteiger partial charge < -0.3 is 29.2 Å². The summed E-state index contributed by atoms with van der Waals surface area (Å²) < 4.78 is 13.0. The van der Waals surface area contributed by atoms with Crippen molar-refractivity contribution in [3.8, 4) is 23.2 Å². The molecule has 48 heavy (non-hydrogen) atoms. The highest BCUT2D eigenvalue weighted by Crippen LogP contribution is 2.29. The fourth-order valence-corrected chi connectivity index (χ4v) is 6.33. The molecule has 12 heteroatoms. The molecule has 3 aliphatic heterocycles. The Labute approximate surface area is 279 Å². The molecule has 3 aliphatic rings. The van der Waals surface area contributed by atoms with Gasteiger partial charge in [0, 0.05) is 100 Å². The molecule has 12 nitrogen and oxygen atoms in total. The summed E-state index contributed by atoms with van der Waals surface area (Å²) in [6.07, 6.45) is 4.40. The van der Waals surface area contributed by atoms with Crippen LogP contribution in [-0.2, 0) is 11.8 Å². The average molecular weight is 647 g/mol. The molecule has 0 radical (unpaired) electrons. The third-order valence-corrected chi connectivity index (χ3v) is 9.34. The maximum Gasteiger partial charge on any atom is 0.254 e. The zero-order chi connectivity index (χ0) is 33.0. The van der Waals surface area contributed by atoms with E-state index in [9.17, 15) is 14.9 Å². The molecule has 2 aromatic heterocycles. The predicted molar refractivity (Wildman–Crippen MR) is 182 cm³/mol. The molecule has 0 bridgehead atoms. The number of carbonyl (C=O) groups is 1. The minimum atomic E-state index is -0.217. The third-order valence-electron chi connectivity index (χ3n) is 9.34. The predicted octanol–water partition coefficient (Wildman–Crippen LogP) is 3.66. The Kier molecular flexibility index (Phi) is 9.05. The molecule has 7 rings (SSSR count). The molecule has 5 heterocycles. The number of ether oxygens (including phenoxy) is 2. The fourth-order valence-electron chi connectivity index (χ4n) is 6.33. The SMILES string of the molecule is Cn1ccc(C(=O)N2CCC(Oc3ccc(-c4nccc(Nc5ccc(N6CCN(C7COC7)CC6)cc5)n4)cc3C#N)CC2)cc1=O. The number of nitrogens with one attached hydrogen (secondary N) is 1. The second-order valence-electron chi connectivity index (χ2n) is 12.4. The van der Waals surface area contributed by atoms with E-state index in [1.165, 1.54) is 16.3 Å². The van der Waals surface area contributed by atoms with E-state index in [4.69, 9.17) is 14.5 Å². The highest BCUT2D eigenvalue weighted by molar-refractivity contribution is 5.94. The maximum absolute atomic E-state index is 12.9. The minimum absolute atomic E-state index is 0.141. The summed E-state index contributed by atoms with van der Waals surface area (Å²) in [5.41, 5.74) is 3.41. The number of hydrogen-bond donors (Lipinski definition) is 1. The molecule has 246 valence electrons. The summed E-state index contributed by atoms with van der Waals surface area (Å²) in [6.45, 7) is 6.85. The second kappa shape index (κ2) is 13.9. The van der Waals surface area contributed by atoms with E-state index >= 15 is 0 Å². The summed E-state index contributed by atoms with van der Waals surface area (Å²) in [5.74, 6) is 1.48. The highest BCUT2D eigenvalue weighted by atomic mass is 16.5. The average Bonchev–Trinajstić information content (AvgIpc) is 3.10. The third kappa shape index (κ3) is 6.88. The van der Waals surface area contributed by atoms with Crippen molar-refractivity contribution < 1.29 is 14.3 Å². The largest absolute Gasteiger partial charge is 0.489 e. The highest BCUT2D eigenvalue weighted by Gasteiger charge is 2.29. The first-order chi connectivity index (χ1) is 23.4. The zero-order valence-corrected chi connectivity index (χ0v) is 26.9. The number of benzene rings is 2. The first-order valence-corrected chi connectivity index (χ1v) is 16.4. The topological polar surface area (TPSA) is 129 Å². The van der Waals surface area contributed by atoms with Crippen LogP contribution in [0.15, 0.2) is 77.9 Å². The molecule has 0 spiro atoms. The van der Waals surface area contributed by atoms with Crippen LogP contribution in [0.1, 0.15) is 28.8 Å². The van der Waals surface area contributed by atoms with Crippen molar-refractivity contribution in [2.24, 2.45) is 7.05 Å². The number of nitriles is 1. The Balaban J connectivity index is 0.947. The van der Waals surface area contributed by atoms with Gasteiger partial charge in [-0.3, -0.25) is 14.5 Å². The smallest absolute Gasteiger partial charge is 0.254 e. The molecule has 0 atom stereocenters. The van der Waals surface area contributed by atoms with Crippen molar-refractivity contribution in [3.05, 3.63) is 94.5 Å². The summed E-state index contributed by atoms with van der Waals surface area (Å²) in [6, 6.07) is 21.5. The number of piperidine rings is 1. The van der Waals surface area contributed by atoms with E-state index in [1.54, 1.807) is 42.5 Å². The Hall–Kier alpha value is -5.25. The van der Waals surface area contributed by atoms with E-state index in [-0.39, 0.29) is 17.6 Å². The Bertz CT molecular complexity index is 1870. The van der Waals surface area contributed by atoms with Gasteiger partial charge in [-0.2, -0.15) is 5.26 Å². The van der Waals surface area contributed by atoms with Crippen LogP contribution in [0.2, 0.25) is 0 Å². The number of hydrogen-bond acceptors (Lipinski definition) is 10. The van der Waals surface area contributed by atoms with Gasteiger partial charge in [0.05, 0.1) is 24.8 Å². The van der Waals surface area contributed by atoms with Crippen LogP contribution >= 0.6 is 0 Å². The number of anilines is 3. The van der Waals surface area contributed by atoms with Crippen LogP contribution in [0.5, 0.6) is 5.75 Å². The van der Waals surface area contributed by atoms with Crippen molar-refractivity contribution >= 4 is 23.1 Å². The number of carbonyl (C=O) groups excluding carboxylic acids is 1. The summed E-state index contributed by atoms with van der Waals surface area (Å²) in [4.78, 5) is 40.7. The first kappa shape index (κ1) is 31.4. The van der Waals surface area contributed by atoms with Crippen LogP contribution in [0.25, 0.3) is 11.4 Å². The maximum atomic E-state index is 12.9. The lowest BCUT2D eigenvalue weighted by Crippen LogP contribution is -2.56. The quantitative estimate of drug-likeness (QED) is 0.303. The molecule has 0 saturated carbocycles. The van der Waals surface area contributed by atoms with Crippen molar-refractivity contribution in [3.63, 3.8) is 0 Å². The van der Waals surface area contributed by atoms with Crippen LogP contribution in [0, 0.1) is 11.3 Å².